The summed E-state index contributed by atoms with van der Waals surface area (Å²) in [5, 5.41) is 9.14. The highest BCUT2D eigenvalue weighted by Gasteiger charge is 2.32. The SMILES string of the molecule is Cc1nc(C)c(C(=O)N2CCN(C(C)(C)C#N)CC2)o1. The summed E-state index contributed by atoms with van der Waals surface area (Å²) in [4.78, 5) is 20.3. The predicted molar refractivity (Wildman–Crippen MR) is 73.1 cm³/mol. The molecule has 0 aliphatic carbocycles. The molecule has 1 aromatic rings. The molecule has 1 fully saturated rings. The van der Waals surface area contributed by atoms with Gasteiger partial charge in [0.05, 0.1) is 11.8 Å². The normalized spacial score (nSPS) is 17.1. The molecule has 108 valence electrons. The number of hydrogen-bond acceptors (Lipinski definition) is 5. The molecule has 0 bridgehead atoms. The first-order valence-corrected chi connectivity index (χ1v) is 6.75. The topological polar surface area (TPSA) is 73.4 Å². The van der Waals surface area contributed by atoms with Gasteiger partial charge in [0.15, 0.2) is 5.89 Å². The Kier molecular flexibility index (Phi) is 3.82. The van der Waals surface area contributed by atoms with E-state index in [2.05, 4.69) is 16.0 Å². The third kappa shape index (κ3) is 2.68. The Labute approximate surface area is 119 Å². The molecule has 2 heterocycles. The zero-order valence-corrected chi connectivity index (χ0v) is 12.4. The summed E-state index contributed by atoms with van der Waals surface area (Å²) < 4.78 is 5.38. The van der Waals surface area contributed by atoms with Gasteiger partial charge in [-0.25, -0.2) is 4.98 Å². The van der Waals surface area contributed by atoms with Crippen molar-refractivity contribution in [2.45, 2.75) is 33.2 Å². The molecular weight excluding hydrogens is 256 g/mol. The number of rotatable bonds is 2. The average molecular weight is 276 g/mol. The van der Waals surface area contributed by atoms with Gasteiger partial charge in [0, 0.05) is 33.1 Å². The van der Waals surface area contributed by atoms with Gasteiger partial charge in [-0.3, -0.25) is 9.69 Å². The lowest BCUT2D eigenvalue weighted by atomic mass is 10.0. The number of nitrogens with zero attached hydrogens (tertiary/aromatic N) is 4. The number of nitriles is 1. The summed E-state index contributed by atoms with van der Waals surface area (Å²) in [7, 11) is 0. The van der Waals surface area contributed by atoms with Crippen LogP contribution in [0.15, 0.2) is 4.42 Å². The largest absolute Gasteiger partial charge is 0.436 e. The van der Waals surface area contributed by atoms with Crippen molar-refractivity contribution in [3.05, 3.63) is 17.3 Å². The Morgan fingerprint density at radius 2 is 1.90 bits per heavy atom. The number of oxazole rings is 1. The molecule has 0 spiro atoms. The van der Waals surface area contributed by atoms with Gasteiger partial charge >= 0.3 is 0 Å². The van der Waals surface area contributed by atoms with Crippen LogP contribution in [-0.2, 0) is 0 Å². The van der Waals surface area contributed by atoms with Gasteiger partial charge < -0.3 is 9.32 Å². The molecule has 0 N–H and O–H groups in total. The quantitative estimate of drug-likeness (QED) is 0.815. The third-order valence-corrected chi connectivity index (χ3v) is 3.73. The second-order valence-electron chi connectivity index (χ2n) is 5.60. The van der Waals surface area contributed by atoms with Crippen LogP contribution in [0.3, 0.4) is 0 Å². The van der Waals surface area contributed by atoms with Crippen LogP contribution in [0, 0.1) is 25.2 Å². The lowest BCUT2D eigenvalue weighted by Crippen LogP contribution is -2.55. The van der Waals surface area contributed by atoms with E-state index in [4.69, 9.17) is 9.68 Å². The number of hydrogen-bond donors (Lipinski definition) is 0. The lowest BCUT2D eigenvalue weighted by molar-refractivity contribution is 0.0492. The first kappa shape index (κ1) is 14.5. The minimum atomic E-state index is -0.492. The molecule has 6 nitrogen and oxygen atoms in total. The van der Waals surface area contributed by atoms with E-state index in [9.17, 15) is 4.79 Å². The van der Waals surface area contributed by atoms with E-state index in [0.29, 0.717) is 43.5 Å². The van der Waals surface area contributed by atoms with Crippen LogP contribution in [0.1, 0.15) is 36.0 Å². The summed E-state index contributed by atoms with van der Waals surface area (Å²) in [6.07, 6.45) is 0. The zero-order chi connectivity index (χ0) is 14.9. The van der Waals surface area contributed by atoms with E-state index in [1.54, 1.807) is 18.7 Å². The fourth-order valence-corrected chi connectivity index (χ4v) is 2.41. The predicted octanol–water partition coefficient (Wildman–Crippen LogP) is 1.35. The molecular formula is C14H20N4O2. The second kappa shape index (κ2) is 5.25. The fraction of sp³-hybridized carbons (Fsp3) is 0.643. The maximum absolute atomic E-state index is 12.4. The van der Waals surface area contributed by atoms with Gasteiger partial charge in [-0.1, -0.05) is 0 Å². The molecule has 0 radical (unpaired) electrons. The third-order valence-electron chi connectivity index (χ3n) is 3.73. The molecule has 1 aliphatic heterocycles. The summed E-state index contributed by atoms with van der Waals surface area (Å²) >= 11 is 0. The number of piperazine rings is 1. The van der Waals surface area contributed by atoms with Crippen LogP contribution in [0.4, 0.5) is 0 Å². The van der Waals surface area contributed by atoms with E-state index in [0.717, 1.165) is 0 Å². The van der Waals surface area contributed by atoms with Crippen molar-refractivity contribution in [1.82, 2.24) is 14.8 Å². The Morgan fingerprint density at radius 1 is 1.30 bits per heavy atom. The van der Waals surface area contributed by atoms with Crippen molar-refractivity contribution in [3.63, 3.8) is 0 Å². The molecule has 0 unspecified atom stereocenters. The van der Waals surface area contributed by atoms with Crippen LogP contribution in [0.5, 0.6) is 0 Å². The molecule has 1 amide bonds. The van der Waals surface area contributed by atoms with Gasteiger partial charge in [0.2, 0.25) is 5.76 Å². The van der Waals surface area contributed by atoms with Gasteiger partial charge in [0.1, 0.15) is 5.54 Å². The molecule has 1 aliphatic rings. The van der Waals surface area contributed by atoms with Crippen LogP contribution in [0.25, 0.3) is 0 Å². The Hall–Kier alpha value is -1.87. The van der Waals surface area contributed by atoms with Gasteiger partial charge in [-0.05, 0) is 20.8 Å². The summed E-state index contributed by atoms with van der Waals surface area (Å²) in [6, 6.07) is 2.29. The van der Waals surface area contributed by atoms with E-state index >= 15 is 0 Å². The summed E-state index contributed by atoms with van der Waals surface area (Å²) in [5.74, 6) is 0.725. The van der Waals surface area contributed by atoms with Gasteiger partial charge in [0.25, 0.3) is 5.91 Å². The van der Waals surface area contributed by atoms with Crippen molar-refractivity contribution in [1.29, 1.82) is 5.26 Å². The summed E-state index contributed by atoms with van der Waals surface area (Å²) in [6.45, 7) is 9.89. The Morgan fingerprint density at radius 3 is 2.35 bits per heavy atom. The average Bonchev–Trinajstić information content (AvgIpc) is 2.77. The number of aryl methyl sites for hydroxylation is 2. The first-order chi connectivity index (χ1) is 9.35. The highest BCUT2D eigenvalue weighted by molar-refractivity contribution is 5.92. The molecule has 0 aromatic carbocycles. The highest BCUT2D eigenvalue weighted by Crippen LogP contribution is 2.18. The molecule has 6 heteroatoms. The Bertz CT molecular complexity index is 548. The van der Waals surface area contributed by atoms with Crippen molar-refractivity contribution in [2.75, 3.05) is 26.2 Å². The minimum Gasteiger partial charge on any atom is -0.436 e. The van der Waals surface area contributed by atoms with Crippen molar-refractivity contribution < 1.29 is 9.21 Å². The van der Waals surface area contributed by atoms with E-state index in [1.165, 1.54) is 0 Å². The van der Waals surface area contributed by atoms with Gasteiger partial charge in [-0.15, -0.1) is 0 Å². The van der Waals surface area contributed by atoms with Crippen LogP contribution >= 0.6 is 0 Å². The second-order valence-corrected chi connectivity index (χ2v) is 5.60. The molecule has 0 atom stereocenters. The van der Waals surface area contributed by atoms with Gasteiger partial charge in [-0.2, -0.15) is 5.26 Å². The maximum Gasteiger partial charge on any atom is 0.291 e. The monoisotopic (exact) mass is 276 g/mol. The Balaban J connectivity index is 2.03. The molecule has 20 heavy (non-hydrogen) atoms. The molecule has 1 aromatic heterocycles. The maximum atomic E-state index is 12.4. The molecule has 0 saturated carbocycles. The van der Waals surface area contributed by atoms with E-state index in [-0.39, 0.29) is 5.91 Å². The van der Waals surface area contributed by atoms with Crippen molar-refractivity contribution in [3.8, 4) is 6.07 Å². The minimum absolute atomic E-state index is 0.113. The van der Waals surface area contributed by atoms with E-state index in [1.807, 2.05) is 13.8 Å². The molecule has 1 saturated heterocycles. The summed E-state index contributed by atoms with van der Waals surface area (Å²) in [5.41, 5.74) is 0.140. The number of carbonyl (C=O) groups is 1. The fourth-order valence-electron chi connectivity index (χ4n) is 2.41. The lowest BCUT2D eigenvalue weighted by Gasteiger charge is -2.40. The van der Waals surface area contributed by atoms with Crippen LogP contribution < -0.4 is 0 Å². The molecule has 2 rings (SSSR count). The van der Waals surface area contributed by atoms with Crippen molar-refractivity contribution >= 4 is 5.91 Å². The zero-order valence-electron chi connectivity index (χ0n) is 12.4. The number of carbonyl (C=O) groups excluding carboxylic acids is 1. The standard InChI is InChI=1S/C14H20N4O2/c1-10-12(20-11(2)16-10)13(19)17-5-7-18(8-6-17)14(3,4)9-15/h5-8H2,1-4H3. The van der Waals surface area contributed by atoms with Crippen molar-refractivity contribution in [2.24, 2.45) is 0 Å². The number of amides is 1. The van der Waals surface area contributed by atoms with Crippen LogP contribution in [0.2, 0.25) is 0 Å². The van der Waals surface area contributed by atoms with E-state index < -0.39 is 5.54 Å². The highest BCUT2D eigenvalue weighted by atomic mass is 16.4. The first-order valence-electron chi connectivity index (χ1n) is 6.75. The van der Waals surface area contributed by atoms with Crippen LogP contribution in [-0.4, -0.2) is 52.4 Å². The smallest absolute Gasteiger partial charge is 0.291 e. The number of aromatic nitrogens is 1.